The maximum atomic E-state index is 14.5. The summed E-state index contributed by atoms with van der Waals surface area (Å²) in [4.78, 5) is 0. The van der Waals surface area contributed by atoms with E-state index < -0.39 is 34.9 Å². The summed E-state index contributed by atoms with van der Waals surface area (Å²) in [5, 5.41) is 0. The lowest BCUT2D eigenvalue weighted by Crippen LogP contribution is -2.25. The summed E-state index contributed by atoms with van der Waals surface area (Å²) < 4.78 is 106. The van der Waals surface area contributed by atoms with Gasteiger partial charge in [-0.3, -0.25) is 0 Å². The van der Waals surface area contributed by atoms with Crippen molar-refractivity contribution in [2.75, 3.05) is 26.9 Å². The molecular weight excluding hydrogens is 1600 g/mol. The van der Waals surface area contributed by atoms with Crippen molar-refractivity contribution >= 4 is 0 Å². The Kier molecular flexibility index (Phi) is 50.5. The normalized spacial score (nSPS) is 29.7. The maximum Gasteiger partial charge on any atom is 0.200 e. The van der Waals surface area contributed by atoms with Gasteiger partial charge in [-0.15, -0.1) is 0 Å². The molecule has 10 heteroatoms. The summed E-state index contributed by atoms with van der Waals surface area (Å²) in [5.41, 5.74) is 3.14. The zero-order chi connectivity index (χ0) is 91.4. The molecule has 10 aliphatic carbocycles. The fraction of sp³-hybridized carbons (Fsp3) is 0.797. The third kappa shape index (κ3) is 34.5. The summed E-state index contributed by atoms with van der Waals surface area (Å²) in [7, 11) is 1.73. The van der Waals surface area contributed by atoms with Crippen LogP contribution >= 0.6 is 0 Å². The lowest BCUT2D eigenvalue weighted by molar-refractivity contribution is 0.140. The minimum atomic E-state index is -0.833. The van der Waals surface area contributed by atoms with Gasteiger partial charge in [0, 0.05) is 0 Å². The van der Waals surface area contributed by atoms with Gasteiger partial charge in [-0.1, -0.05) is 285 Å². The van der Waals surface area contributed by atoms with Crippen molar-refractivity contribution in [2.24, 2.45) is 94.7 Å². The van der Waals surface area contributed by atoms with Gasteiger partial charge in [0.25, 0.3) is 0 Å². The number of halogens is 6. The van der Waals surface area contributed by atoms with Gasteiger partial charge >= 0.3 is 0 Å². The molecule has 0 atom stereocenters. The van der Waals surface area contributed by atoms with E-state index in [4.69, 9.17) is 18.9 Å². The molecule has 728 valence electrons. The van der Waals surface area contributed by atoms with Crippen LogP contribution in [0.2, 0.25) is 0 Å². The van der Waals surface area contributed by atoms with Crippen molar-refractivity contribution in [2.45, 2.75) is 479 Å². The molecule has 10 saturated carbocycles. The average molecular weight is 1790 g/mol. The fourth-order valence-corrected chi connectivity index (χ4v) is 26.7. The van der Waals surface area contributed by atoms with Crippen molar-refractivity contribution < 1.29 is 45.3 Å². The summed E-state index contributed by atoms with van der Waals surface area (Å²) in [6, 6.07) is 18.6. The SMILES string of the molecule is CCCC1CCC(C2CCC(CC)CC2)CC1.CCCC1CCC(c2ccc(OC)cc2)CC1.CCCC1CCC(c2ccc(OCC)c(F)c2F)CC1.CCCCC1CCC(C2CCC(CCC)CC2)CC1.CCCCC1CCC(C2CCC(c3ccc(OCC)c(F)c3F)CC2)CC1.CCCCCC1CCC(C2CCC(c3ccc(OCC)c(F)c3F)CC2)CC1. The fourth-order valence-electron chi connectivity index (χ4n) is 26.7. The van der Waals surface area contributed by atoms with Crippen LogP contribution in [0.3, 0.4) is 0 Å². The molecule has 0 N–H and O–H groups in total. The van der Waals surface area contributed by atoms with Crippen molar-refractivity contribution in [3.8, 4) is 23.0 Å². The number of unbranched alkanes of at least 4 members (excludes halogenated alkanes) is 4. The van der Waals surface area contributed by atoms with Gasteiger partial charge in [-0.2, -0.15) is 13.2 Å². The van der Waals surface area contributed by atoms with E-state index >= 15 is 0 Å². The number of rotatable bonds is 34. The lowest BCUT2D eigenvalue weighted by atomic mass is 9.68. The van der Waals surface area contributed by atoms with E-state index in [1.807, 2.05) is 0 Å². The Labute approximate surface area is 781 Å². The van der Waals surface area contributed by atoms with E-state index in [1.165, 1.54) is 243 Å². The largest absolute Gasteiger partial charge is 0.497 e. The first kappa shape index (κ1) is 107. The number of methoxy groups -OCH3 is 1. The monoisotopic (exact) mass is 1790 g/mol. The third-order valence-corrected chi connectivity index (χ3v) is 34.8. The molecular formula is C118H190F6O4. The highest BCUT2D eigenvalue weighted by Crippen LogP contribution is 2.51. The first-order chi connectivity index (χ1) is 62.4. The first-order valence-electron chi connectivity index (χ1n) is 55.4. The van der Waals surface area contributed by atoms with Gasteiger partial charge in [0.05, 0.1) is 26.9 Å². The highest BCUT2D eigenvalue weighted by Gasteiger charge is 2.38. The molecule has 10 fully saturated rings. The van der Waals surface area contributed by atoms with Crippen LogP contribution in [0.25, 0.3) is 0 Å². The Morgan fingerprint density at radius 1 is 0.219 bits per heavy atom. The van der Waals surface area contributed by atoms with E-state index in [-0.39, 0.29) is 35.0 Å². The number of ether oxygens (including phenoxy) is 4. The highest BCUT2D eigenvalue weighted by molar-refractivity contribution is 5.36. The molecule has 0 heterocycles. The van der Waals surface area contributed by atoms with Gasteiger partial charge in [-0.05, 0) is 371 Å². The molecule has 0 spiro atoms. The van der Waals surface area contributed by atoms with Crippen molar-refractivity contribution in [1.82, 2.24) is 0 Å². The van der Waals surface area contributed by atoms with Gasteiger partial charge in [0.1, 0.15) is 5.75 Å². The third-order valence-electron chi connectivity index (χ3n) is 34.8. The molecule has 128 heavy (non-hydrogen) atoms. The minimum absolute atomic E-state index is 0.0217. The van der Waals surface area contributed by atoms with E-state index in [1.54, 1.807) is 154 Å². The highest BCUT2D eigenvalue weighted by atomic mass is 19.2. The second-order valence-electron chi connectivity index (χ2n) is 43.1. The Morgan fingerprint density at radius 3 is 0.688 bits per heavy atom. The molecule has 0 bridgehead atoms. The number of hydrogen-bond acceptors (Lipinski definition) is 4. The summed E-state index contributed by atoms with van der Waals surface area (Å²) in [6.45, 7) is 24.8. The number of benzene rings is 4. The van der Waals surface area contributed by atoms with Gasteiger partial charge in [-0.25, -0.2) is 13.2 Å². The molecule has 0 amide bonds. The second kappa shape index (κ2) is 60.2. The van der Waals surface area contributed by atoms with E-state index in [0.29, 0.717) is 36.5 Å². The van der Waals surface area contributed by atoms with Crippen LogP contribution in [0.5, 0.6) is 23.0 Å². The smallest absolute Gasteiger partial charge is 0.200 e. The van der Waals surface area contributed by atoms with Crippen LogP contribution in [0.1, 0.15) is 501 Å². The molecule has 10 aliphatic rings. The zero-order valence-corrected chi connectivity index (χ0v) is 84.1. The van der Waals surface area contributed by atoms with Crippen LogP contribution in [0, 0.1) is 130 Å². The Morgan fingerprint density at radius 2 is 0.445 bits per heavy atom. The second-order valence-corrected chi connectivity index (χ2v) is 43.1. The van der Waals surface area contributed by atoms with Crippen LogP contribution in [0.4, 0.5) is 26.3 Å². The molecule has 4 nitrogen and oxygen atoms in total. The molecule has 4 aromatic carbocycles. The molecule has 0 radical (unpaired) electrons. The molecule has 0 unspecified atom stereocenters. The van der Waals surface area contributed by atoms with E-state index in [2.05, 4.69) is 79.7 Å². The van der Waals surface area contributed by atoms with Crippen LogP contribution < -0.4 is 18.9 Å². The lowest BCUT2D eigenvalue weighted by Gasteiger charge is -2.38. The Hall–Kier alpha value is -4.34. The molecule has 0 aliphatic heterocycles. The quantitative estimate of drug-likeness (QED) is 0.0345. The summed E-state index contributed by atoms with van der Waals surface area (Å²) in [6.07, 6.45) is 81.0. The van der Waals surface area contributed by atoms with E-state index in [9.17, 15) is 26.3 Å². The summed E-state index contributed by atoms with van der Waals surface area (Å²) >= 11 is 0. The van der Waals surface area contributed by atoms with Crippen molar-refractivity contribution in [1.29, 1.82) is 0 Å². The summed E-state index contributed by atoms with van der Waals surface area (Å²) in [5.74, 6) is 13.5. The standard InChI is InChI=1S/C25H38F2O.C24H36F2O.C19H36.C17H24F2O.C17H32.C16H24O/c1-3-5-6-7-18-8-10-19(11-9-18)20-12-14-21(15-13-20)22-16-17-23(28-4-2)25(27)24(22)26;1-3-5-6-17-7-9-18(10-8-17)19-11-13-20(14-12-19)21-15-16-22(27-4-2)24(26)23(21)25;1-3-5-7-17-10-14-19(15-11-17)18-12-8-16(6-4-2)9-13-18;1-3-5-12-6-8-13(9-7-12)14-10-11-15(20-4-2)17(19)16(14)18;1-3-5-15-8-12-17(13-9-15)16-10-6-14(4-2)7-11-16;1-3-4-13-5-7-14(8-6-13)15-9-11-16(17-2)12-10-15/h16-21H,3-15H2,1-2H3;15-20H,3-14H2,1-2H3;16-19H,3-15H2,1-2H3;10-13H,3-9H2,1-2H3;14-17H,3-13H2,1-2H3;9-14H,3-8H2,1-2H3. The Balaban J connectivity index is 0.000000175. The molecule has 0 aromatic heterocycles. The van der Waals surface area contributed by atoms with Crippen molar-refractivity contribution in [3.05, 3.63) is 118 Å². The first-order valence-corrected chi connectivity index (χ1v) is 55.4. The van der Waals surface area contributed by atoms with Crippen molar-refractivity contribution in [3.63, 3.8) is 0 Å². The minimum Gasteiger partial charge on any atom is -0.497 e. The molecule has 0 saturated heterocycles. The molecule has 14 rings (SSSR count). The topological polar surface area (TPSA) is 36.9 Å². The Bertz CT molecular complexity index is 3520. The van der Waals surface area contributed by atoms with Gasteiger partial charge in [0.2, 0.25) is 17.5 Å². The number of hydrogen-bond donors (Lipinski definition) is 0. The average Bonchev–Trinajstić information content (AvgIpc) is 0.808. The predicted molar refractivity (Wildman–Crippen MR) is 530 cm³/mol. The zero-order valence-electron chi connectivity index (χ0n) is 84.1. The van der Waals surface area contributed by atoms with Crippen LogP contribution in [-0.4, -0.2) is 26.9 Å². The maximum absolute atomic E-state index is 14.5. The van der Waals surface area contributed by atoms with Crippen LogP contribution in [0.15, 0.2) is 60.7 Å². The van der Waals surface area contributed by atoms with Gasteiger partial charge < -0.3 is 18.9 Å². The predicted octanol–water partition coefficient (Wildman–Crippen LogP) is 38.3. The van der Waals surface area contributed by atoms with Gasteiger partial charge in [0.15, 0.2) is 34.7 Å². The van der Waals surface area contributed by atoms with Crippen LogP contribution in [-0.2, 0) is 0 Å². The molecule has 4 aromatic rings. The van der Waals surface area contributed by atoms with E-state index in [0.717, 1.165) is 158 Å².